The van der Waals surface area contributed by atoms with E-state index in [4.69, 9.17) is 0 Å². The van der Waals surface area contributed by atoms with Gasteiger partial charge in [-0.15, -0.1) is 11.8 Å². The first kappa shape index (κ1) is 9.76. The average molecular weight is 157 g/mol. The van der Waals surface area contributed by atoms with Crippen LogP contribution in [0.3, 0.4) is 0 Å². The SMILES string of the molecule is C=C(/N=C\SCC)C(C)C. The maximum atomic E-state index is 4.16. The molecule has 2 heteroatoms. The van der Waals surface area contributed by atoms with E-state index in [1.807, 2.05) is 5.55 Å². The van der Waals surface area contributed by atoms with Gasteiger partial charge in [-0.05, 0) is 11.7 Å². The zero-order chi connectivity index (χ0) is 7.98. The van der Waals surface area contributed by atoms with Crippen LogP contribution in [0.2, 0.25) is 0 Å². The van der Waals surface area contributed by atoms with Crippen LogP contribution in [0.5, 0.6) is 0 Å². The Morgan fingerprint density at radius 1 is 1.70 bits per heavy atom. The van der Waals surface area contributed by atoms with Gasteiger partial charge in [0.05, 0.1) is 5.55 Å². The lowest BCUT2D eigenvalue weighted by molar-refractivity contribution is 0.764. The fourth-order valence-electron chi connectivity index (χ4n) is 0.329. The van der Waals surface area contributed by atoms with E-state index < -0.39 is 0 Å². The second kappa shape index (κ2) is 5.54. The van der Waals surface area contributed by atoms with Crippen LogP contribution in [0, 0.1) is 5.92 Å². The summed E-state index contributed by atoms with van der Waals surface area (Å²) in [6.07, 6.45) is 0. The van der Waals surface area contributed by atoms with Gasteiger partial charge in [-0.3, -0.25) is 4.99 Å². The van der Waals surface area contributed by atoms with E-state index in [9.17, 15) is 0 Å². The molecule has 0 aliphatic heterocycles. The van der Waals surface area contributed by atoms with Gasteiger partial charge in [0.1, 0.15) is 0 Å². The van der Waals surface area contributed by atoms with Crippen LogP contribution >= 0.6 is 11.8 Å². The molecule has 0 amide bonds. The van der Waals surface area contributed by atoms with Gasteiger partial charge in [0.25, 0.3) is 0 Å². The van der Waals surface area contributed by atoms with Crippen LogP contribution < -0.4 is 0 Å². The third kappa shape index (κ3) is 4.62. The van der Waals surface area contributed by atoms with Crippen LogP contribution in [-0.2, 0) is 0 Å². The van der Waals surface area contributed by atoms with Crippen LogP contribution in [0.25, 0.3) is 0 Å². The maximum absolute atomic E-state index is 4.16. The number of hydrogen-bond acceptors (Lipinski definition) is 2. The molecule has 0 aliphatic carbocycles. The molecule has 0 aromatic carbocycles. The van der Waals surface area contributed by atoms with Crippen LogP contribution in [0.4, 0.5) is 0 Å². The Morgan fingerprint density at radius 3 is 2.70 bits per heavy atom. The van der Waals surface area contributed by atoms with Crippen LogP contribution in [-0.4, -0.2) is 11.3 Å². The number of rotatable bonds is 4. The first-order valence-electron chi connectivity index (χ1n) is 3.51. The molecule has 0 radical (unpaired) electrons. The normalized spacial score (nSPS) is 11.2. The van der Waals surface area contributed by atoms with Gasteiger partial charge in [0.2, 0.25) is 0 Å². The summed E-state index contributed by atoms with van der Waals surface area (Å²) in [6.45, 7) is 10.1. The average Bonchev–Trinajstić information content (AvgIpc) is 1.88. The highest BCUT2D eigenvalue weighted by Crippen LogP contribution is 2.08. The Kier molecular flexibility index (Phi) is 5.40. The number of allylic oxidation sites excluding steroid dienone is 1. The molecular weight excluding hydrogens is 142 g/mol. The minimum Gasteiger partial charge on any atom is -0.255 e. The highest BCUT2D eigenvalue weighted by molar-refractivity contribution is 8.12. The minimum atomic E-state index is 0.466. The van der Waals surface area contributed by atoms with Crippen molar-refractivity contribution in [1.82, 2.24) is 0 Å². The van der Waals surface area contributed by atoms with Gasteiger partial charge in [0.15, 0.2) is 0 Å². The smallest absolute Gasteiger partial charge is 0.0599 e. The summed E-state index contributed by atoms with van der Waals surface area (Å²) in [6, 6.07) is 0. The molecular formula is C8H15NS. The van der Waals surface area contributed by atoms with Crippen molar-refractivity contribution in [3.05, 3.63) is 12.3 Å². The fraction of sp³-hybridized carbons (Fsp3) is 0.625. The first-order valence-corrected chi connectivity index (χ1v) is 4.56. The van der Waals surface area contributed by atoms with Crippen LogP contribution in [0.1, 0.15) is 20.8 Å². The van der Waals surface area contributed by atoms with Crippen molar-refractivity contribution < 1.29 is 0 Å². The molecule has 0 fully saturated rings. The second-order valence-corrected chi connectivity index (χ2v) is 3.46. The molecule has 0 spiro atoms. The maximum Gasteiger partial charge on any atom is 0.0599 e. The standard InChI is InChI=1S/C8H15NS/c1-5-10-6-9-8(4)7(2)3/h6-7H,4-5H2,1-3H3/b9-6-. The topological polar surface area (TPSA) is 12.4 Å². The quantitative estimate of drug-likeness (QED) is 0.451. The third-order valence-corrected chi connectivity index (χ3v) is 1.71. The molecule has 1 nitrogen and oxygen atoms in total. The van der Waals surface area contributed by atoms with E-state index in [1.165, 1.54) is 0 Å². The summed E-state index contributed by atoms with van der Waals surface area (Å²) >= 11 is 1.70. The molecule has 0 aromatic rings. The molecule has 0 N–H and O–H groups in total. The lowest BCUT2D eigenvalue weighted by Crippen LogP contribution is -1.87. The lowest BCUT2D eigenvalue weighted by Gasteiger charge is -2.00. The predicted molar refractivity (Wildman–Crippen MR) is 50.6 cm³/mol. The van der Waals surface area contributed by atoms with Crippen LogP contribution in [0.15, 0.2) is 17.3 Å². The van der Waals surface area contributed by atoms with Crippen molar-refractivity contribution in [1.29, 1.82) is 0 Å². The molecule has 10 heavy (non-hydrogen) atoms. The van der Waals surface area contributed by atoms with E-state index >= 15 is 0 Å². The van der Waals surface area contributed by atoms with E-state index in [0.29, 0.717) is 5.92 Å². The van der Waals surface area contributed by atoms with Crippen molar-refractivity contribution in [2.24, 2.45) is 10.9 Å². The molecule has 0 heterocycles. The summed E-state index contributed by atoms with van der Waals surface area (Å²) in [5.74, 6) is 1.54. The van der Waals surface area contributed by atoms with E-state index in [0.717, 1.165) is 11.4 Å². The zero-order valence-corrected chi connectivity index (χ0v) is 7.74. The Bertz CT molecular complexity index is 127. The second-order valence-electron chi connectivity index (χ2n) is 2.34. The highest BCUT2D eigenvalue weighted by Gasteiger charge is 1.94. The molecule has 0 aromatic heterocycles. The summed E-state index contributed by atoms with van der Waals surface area (Å²) in [7, 11) is 0. The van der Waals surface area contributed by atoms with Gasteiger partial charge in [0, 0.05) is 5.70 Å². The zero-order valence-electron chi connectivity index (χ0n) is 6.92. The summed E-state index contributed by atoms with van der Waals surface area (Å²) in [4.78, 5) is 4.16. The van der Waals surface area contributed by atoms with Crippen molar-refractivity contribution in [3.63, 3.8) is 0 Å². The van der Waals surface area contributed by atoms with Crippen molar-refractivity contribution in [2.45, 2.75) is 20.8 Å². The molecule has 0 saturated heterocycles. The Labute approximate surface area is 67.6 Å². The van der Waals surface area contributed by atoms with Gasteiger partial charge >= 0.3 is 0 Å². The van der Waals surface area contributed by atoms with Crippen molar-refractivity contribution in [3.8, 4) is 0 Å². The fourth-order valence-corrected chi connectivity index (χ4v) is 0.688. The van der Waals surface area contributed by atoms with Gasteiger partial charge in [-0.25, -0.2) is 0 Å². The molecule has 58 valence electrons. The Morgan fingerprint density at radius 2 is 2.30 bits per heavy atom. The van der Waals surface area contributed by atoms with E-state index in [1.54, 1.807) is 11.8 Å². The minimum absolute atomic E-state index is 0.466. The number of hydrogen-bond donors (Lipinski definition) is 0. The first-order chi connectivity index (χ1) is 4.68. The van der Waals surface area contributed by atoms with Gasteiger partial charge in [-0.2, -0.15) is 0 Å². The van der Waals surface area contributed by atoms with E-state index in [2.05, 4.69) is 32.3 Å². The number of nitrogens with zero attached hydrogens (tertiary/aromatic N) is 1. The molecule has 0 aliphatic rings. The largest absolute Gasteiger partial charge is 0.255 e. The molecule has 0 unspecified atom stereocenters. The monoisotopic (exact) mass is 157 g/mol. The third-order valence-electron chi connectivity index (χ3n) is 1.13. The molecule has 0 rings (SSSR count). The molecule has 0 atom stereocenters. The number of aliphatic imine (C=N–C) groups is 1. The summed E-state index contributed by atoms with van der Waals surface area (Å²) in [5, 5.41) is 0. The van der Waals surface area contributed by atoms with E-state index in [-0.39, 0.29) is 0 Å². The van der Waals surface area contributed by atoms with Crippen molar-refractivity contribution >= 4 is 17.3 Å². The Balaban J connectivity index is 3.56. The molecule has 0 saturated carbocycles. The summed E-state index contributed by atoms with van der Waals surface area (Å²) in [5.41, 5.74) is 2.82. The summed E-state index contributed by atoms with van der Waals surface area (Å²) < 4.78 is 0. The molecule has 0 bridgehead atoms. The highest BCUT2D eigenvalue weighted by atomic mass is 32.2. The lowest BCUT2D eigenvalue weighted by atomic mass is 10.2. The van der Waals surface area contributed by atoms with Gasteiger partial charge in [-0.1, -0.05) is 27.4 Å². The number of thioether (sulfide) groups is 1. The van der Waals surface area contributed by atoms with Crippen molar-refractivity contribution in [2.75, 3.05) is 5.75 Å². The Hall–Kier alpha value is -0.240. The predicted octanol–water partition coefficient (Wildman–Crippen LogP) is 2.94. The van der Waals surface area contributed by atoms with Gasteiger partial charge < -0.3 is 0 Å².